The fourth-order valence-corrected chi connectivity index (χ4v) is 4.53. The van der Waals surface area contributed by atoms with Crippen LogP contribution in [0.25, 0.3) is 33.5 Å². The molecule has 0 aliphatic rings. The van der Waals surface area contributed by atoms with Gasteiger partial charge in [-0.3, -0.25) is 9.59 Å². The molecule has 0 unspecified atom stereocenters. The summed E-state index contributed by atoms with van der Waals surface area (Å²) in [6, 6.07) is 29.2. The van der Waals surface area contributed by atoms with Crippen LogP contribution in [0.5, 0.6) is 11.5 Å². The van der Waals surface area contributed by atoms with Crippen molar-refractivity contribution in [1.82, 2.24) is 9.66 Å². The molecule has 2 heterocycles. The van der Waals surface area contributed by atoms with Gasteiger partial charge in [0.05, 0.1) is 24.2 Å². The number of carbonyl (C=O) groups is 1. The van der Waals surface area contributed by atoms with E-state index in [4.69, 9.17) is 18.9 Å². The first-order chi connectivity index (χ1) is 20.5. The second kappa shape index (κ2) is 11.4. The fraction of sp³-hybridized carbons (Fsp3) is 0.0909. The number of benzene rings is 4. The zero-order valence-electron chi connectivity index (χ0n) is 22.9. The Morgan fingerprint density at radius 2 is 1.76 bits per heavy atom. The predicted molar refractivity (Wildman–Crippen MR) is 163 cm³/mol. The fourth-order valence-electron chi connectivity index (χ4n) is 4.53. The van der Waals surface area contributed by atoms with E-state index in [1.807, 2.05) is 67.6 Å². The molecule has 0 saturated carbocycles. The van der Waals surface area contributed by atoms with Crippen LogP contribution in [0.4, 0.5) is 5.69 Å². The van der Waals surface area contributed by atoms with Gasteiger partial charge >= 0.3 is 0 Å². The Balaban J connectivity index is 1.28. The lowest BCUT2D eigenvalue weighted by Gasteiger charge is -2.12. The van der Waals surface area contributed by atoms with E-state index in [9.17, 15) is 9.59 Å². The Bertz CT molecular complexity index is 1990. The molecule has 0 bridgehead atoms. The number of amides is 1. The number of anilines is 1. The molecule has 0 fully saturated rings. The molecule has 0 aliphatic carbocycles. The standard InChI is InChI=1S/C33H26N4O5/c1-21-9-3-6-12-25(21)35-31(38)20-41-28-16-15-22(17-29(28)40-2)19-34-37-32(30-18-23-10-4-8-14-27(23)42-30)36-26-13-7-5-11-24(26)33(37)39/h3-19H,20H2,1-2H3,(H,35,38). The van der Waals surface area contributed by atoms with Crippen molar-refractivity contribution in [3.63, 3.8) is 0 Å². The Hall–Kier alpha value is -5.70. The quantitative estimate of drug-likeness (QED) is 0.229. The highest BCUT2D eigenvalue weighted by molar-refractivity contribution is 5.92. The van der Waals surface area contributed by atoms with Crippen LogP contribution in [-0.4, -0.2) is 35.5 Å². The first-order valence-corrected chi connectivity index (χ1v) is 13.2. The van der Waals surface area contributed by atoms with Gasteiger partial charge in [0.15, 0.2) is 23.9 Å². The number of nitrogens with one attached hydrogen (secondary N) is 1. The number of methoxy groups -OCH3 is 1. The lowest BCUT2D eigenvalue weighted by molar-refractivity contribution is -0.118. The van der Waals surface area contributed by atoms with Crippen LogP contribution in [0, 0.1) is 6.92 Å². The second-order valence-electron chi connectivity index (χ2n) is 9.52. The highest BCUT2D eigenvalue weighted by Crippen LogP contribution is 2.29. The highest BCUT2D eigenvalue weighted by atomic mass is 16.5. The summed E-state index contributed by atoms with van der Waals surface area (Å²) in [6.45, 7) is 1.72. The number of aryl methyl sites for hydroxylation is 1. The Kier molecular flexibility index (Phi) is 7.21. The summed E-state index contributed by atoms with van der Waals surface area (Å²) >= 11 is 0. The van der Waals surface area contributed by atoms with E-state index in [1.54, 1.807) is 36.4 Å². The van der Waals surface area contributed by atoms with Gasteiger partial charge in [-0.2, -0.15) is 9.78 Å². The van der Waals surface area contributed by atoms with E-state index >= 15 is 0 Å². The number of hydrogen-bond acceptors (Lipinski definition) is 7. The van der Waals surface area contributed by atoms with E-state index in [2.05, 4.69) is 10.4 Å². The number of nitrogens with zero attached hydrogens (tertiary/aromatic N) is 3. The molecule has 2 aromatic heterocycles. The third-order valence-corrected chi connectivity index (χ3v) is 6.69. The average Bonchev–Trinajstić information content (AvgIpc) is 3.45. The first-order valence-electron chi connectivity index (χ1n) is 13.2. The topological polar surface area (TPSA) is 108 Å². The Morgan fingerprint density at radius 1 is 0.976 bits per heavy atom. The van der Waals surface area contributed by atoms with Gasteiger partial charge in [0.1, 0.15) is 5.58 Å². The van der Waals surface area contributed by atoms with Crippen LogP contribution in [0.15, 0.2) is 111 Å². The molecule has 6 aromatic rings. The first kappa shape index (κ1) is 26.5. The zero-order valence-corrected chi connectivity index (χ0v) is 22.9. The van der Waals surface area contributed by atoms with Gasteiger partial charge in [-0.1, -0.05) is 48.5 Å². The number of furan rings is 1. The summed E-state index contributed by atoms with van der Waals surface area (Å²) in [5.74, 6) is 1.20. The summed E-state index contributed by atoms with van der Waals surface area (Å²) in [7, 11) is 1.51. The van der Waals surface area contributed by atoms with Crippen molar-refractivity contribution in [3.05, 3.63) is 119 Å². The summed E-state index contributed by atoms with van der Waals surface area (Å²) in [6.07, 6.45) is 1.53. The van der Waals surface area contributed by atoms with Gasteiger partial charge in [-0.25, -0.2) is 4.98 Å². The zero-order chi connectivity index (χ0) is 29.1. The monoisotopic (exact) mass is 558 g/mol. The second-order valence-corrected chi connectivity index (χ2v) is 9.52. The molecular formula is C33H26N4O5. The predicted octanol–water partition coefficient (Wildman–Crippen LogP) is 6.03. The van der Waals surface area contributed by atoms with Gasteiger partial charge in [0, 0.05) is 11.1 Å². The molecular weight excluding hydrogens is 532 g/mol. The number of hydrogen-bond donors (Lipinski definition) is 1. The number of para-hydroxylation sites is 3. The van der Waals surface area contributed by atoms with Crippen molar-refractivity contribution in [2.24, 2.45) is 5.10 Å². The molecule has 1 amide bonds. The molecule has 0 atom stereocenters. The molecule has 208 valence electrons. The van der Waals surface area contributed by atoms with Crippen molar-refractivity contribution in [3.8, 4) is 23.1 Å². The van der Waals surface area contributed by atoms with Crippen LogP contribution < -0.4 is 20.3 Å². The van der Waals surface area contributed by atoms with Crippen molar-refractivity contribution >= 4 is 39.7 Å². The van der Waals surface area contributed by atoms with Gasteiger partial charge in [0.2, 0.25) is 5.82 Å². The maximum atomic E-state index is 13.5. The number of fused-ring (bicyclic) bond motifs is 2. The summed E-state index contributed by atoms with van der Waals surface area (Å²) in [5.41, 5.74) is 3.21. The van der Waals surface area contributed by atoms with Crippen molar-refractivity contribution < 1.29 is 18.7 Å². The maximum absolute atomic E-state index is 13.5. The van der Waals surface area contributed by atoms with Crippen LogP contribution in [0.3, 0.4) is 0 Å². The van der Waals surface area contributed by atoms with E-state index in [0.717, 1.165) is 16.6 Å². The molecule has 42 heavy (non-hydrogen) atoms. The molecule has 6 rings (SSSR count). The van der Waals surface area contributed by atoms with Crippen LogP contribution >= 0.6 is 0 Å². The van der Waals surface area contributed by atoms with Crippen LogP contribution in [-0.2, 0) is 4.79 Å². The Morgan fingerprint density at radius 3 is 2.60 bits per heavy atom. The normalized spacial score (nSPS) is 11.3. The maximum Gasteiger partial charge on any atom is 0.282 e. The van der Waals surface area contributed by atoms with Gasteiger partial charge in [-0.15, -0.1) is 0 Å². The number of rotatable bonds is 8. The van der Waals surface area contributed by atoms with E-state index in [0.29, 0.717) is 39.3 Å². The molecule has 0 aliphatic heterocycles. The third-order valence-electron chi connectivity index (χ3n) is 6.69. The van der Waals surface area contributed by atoms with Gasteiger partial charge in [0.25, 0.3) is 11.5 Å². The highest BCUT2D eigenvalue weighted by Gasteiger charge is 2.16. The number of carbonyl (C=O) groups excluding carboxylic acids is 1. The van der Waals surface area contributed by atoms with E-state index in [1.165, 1.54) is 18.0 Å². The lowest BCUT2D eigenvalue weighted by atomic mass is 10.2. The molecule has 9 nitrogen and oxygen atoms in total. The van der Waals surface area contributed by atoms with E-state index < -0.39 is 0 Å². The average molecular weight is 559 g/mol. The van der Waals surface area contributed by atoms with Crippen molar-refractivity contribution in [2.75, 3.05) is 19.0 Å². The van der Waals surface area contributed by atoms with Gasteiger partial charge < -0.3 is 19.2 Å². The summed E-state index contributed by atoms with van der Waals surface area (Å²) < 4.78 is 18.5. The molecule has 1 N–H and O–H groups in total. The minimum absolute atomic E-state index is 0.197. The lowest BCUT2D eigenvalue weighted by Crippen LogP contribution is -2.21. The van der Waals surface area contributed by atoms with Gasteiger partial charge in [-0.05, 0) is 66.6 Å². The third kappa shape index (κ3) is 5.35. The van der Waals surface area contributed by atoms with Crippen LogP contribution in [0.1, 0.15) is 11.1 Å². The van der Waals surface area contributed by atoms with E-state index in [-0.39, 0.29) is 23.9 Å². The molecule has 0 saturated heterocycles. The molecule has 4 aromatic carbocycles. The minimum atomic E-state index is -0.334. The van der Waals surface area contributed by atoms with Crippen molar-refractivity contribution in [1.29, 1.82) is 0 Å². The SMILES string of the molecule is COc1cc(C=Nn2c(-c3cc4ccccc4o3)nc3ccccc3c2=O)ccc1OCC(=O)Nc1ccccc1C. The smallest absolute Gasteiger partial charge is 0.282 e. The summed E-state index contributed by atoms with van der Waals surface area (Å²) in [5, 5.41) is 8.66. The number of ether oxygens (including phenoxy) is 2. The largest absolute Gasteiger partial charge is 0.493 e. The minimum Gasteiger partial charge on any atom is -0.493 e. The number of aromatic nitrogens is 2. The van der Waals surface area contributed by atoms with Crippen molar-refractivity contribution in [2.45, 2.75) is 6.92 Å². The molecule has 0 radical (unpaired) electrons. The van der Waals surface area contributed by atoms with Crippen LogP contribution in [0.2, 0.25) is 0 Å². The summed E-state index contributed by atoms with van der Waals surface area (Å²) in [4.78, 5) is 30.7. The Labute approximate surface area is 240 Å². The molecule has 9 heteroatoms. The molecule has 0 spiro atoms.